The molecule has 0 radical (unpaired) electrons. The molecule has 0 spiro atoms. The summed E-state index contributed by atoms with van der Waals surface area (Å²) in [6.45, 7) is 5.44. The zero-order chi connectivity index (χ0) is 8.27. The fourth-order valence-electron chi connectivity index (χ4n) is 1.19. The highest BCUT2D eigenvalue weighted by molar-refractivity contribution is 7.12. The number of aryl methyl sites for hydroxylation is 2. The molecule has 0 aliphatic heterocycles. The summed E-state index contributed by atoms with van der Waals surface area (Å²) in [5.41, 5.74) is 1.50. The van der Waals surface area contributed by atoms with E-state index in [2.05, 4.69) is 25.2 Å². The van der Waals surface area contributed by atoms with Gasteiger partial charge in [0.1, 0.15) is 0 Å². The van der Waals surface area contributed by atoms with Gasteiger partial charge in [-0.05, 0) is 45.5 Å². The Balaban J connectivity index is 2.62. The molecule has 1 aromatic rings. The molecule has 1 heterocycles. The Labute approximate surface area is 72.4 Å². The molecule has 1 aromatic heterocycles. The second kappa shape index (κ2) is 3.88. The van der Waals surface area contributed by atoms with Gasteiger partial charge in [-0.15, -0.1) is 11.3 Å². The predicted molar refractivity (Wildman–Crippen MR) is 51.4 cm³/mol. The number of thiophene rings is 1. The van der Waals surface area contributed by atoms with Crippen molar-refractivity contribution in [1.82, 2.24) is 5.32 Å². The van der Waals surface area contributed by atoms with Crippen molar-refractivity contribution in [2.24, 2.45) is 0 Å². The average Bonchev–Trinajstić information content (AvgIpc) is 2.26. The molecule has 0 amide bonds. The quantitative estimate of drug-likeness (QED) is 0.731. The second-order valence-electron chi connectivity index (χ2n) is 2.79. The molecule has 0 unspecified atom stereocenters. The molecule has 0 saturated heterocycles. The van der Waals surface area contributed by atoms with Crippen molar-refractivity contribution in [3.63, 3.8) is 0 Å². The van der Waals surface area contributed by atoms with Crippen LogP contribution in [0.4, 0.5) is 0 Å². The number of likely N-dealkylation sites (N-methyl/N-ethyl adjacent to an activating group) is 1. The van der Waals surface area contributed by atoms with Crippen LogP contribution in [-0.4, -0.2) is 13.6 Å². The smallest absolute Gasteiger partial charge is 0.00495 e. The molecule has 0 saturated carbocycles. The van der Waals surface area contributed by atoms with Gasteiger partial charge in [0.25, 0.3) is 0 Å². The van der Waals surface area contributed by atoms with Crippen LogP contribution >= 0.6 is 11.3 Å². The Kier molecular flexibility index (Phi) is 3.09. The Hall–Kier alpha value is -0.340. The maximum Gasteiger partial charge on any atom is 0.00495 e. The Morgan fingerprint density at radius 2 is 2.18 bits per heavy atom. The minimum atomic E-state index is 1.08. The summed E-state index contributed by atoms with van der Waals surface area (Å²) >= 11 is 1.89. The van der Waals surface area contributed by atoms with Gasteiger partial charge in [-0.1, -0.05) is 0 Å². The third kappa shape index (κ3) is 2.31. The highest BCUT2D eigenvalue weighted by atomic mass is 32.1. The molecule has 0 atom stereocenters. The lowest BCUT2D eigenvalue weighted by atomic mass is 10.2. The van der Waals surface area contributed by atoms with Crippen LogP contribution in [-0.2, 0) is 6.42 Å². The SMILES string of the molecule is CNCCc1cc(C)sc1C. The van der Waals surface area contributed by atoms with Crippen LogP contribution in [0.25, 0.3) is 0 Å². The van der Waals surface area contributed by atoms with Gasteiger partial charge in [0.05, 0.1) is 0 Å². The predicted octanol–water partition coefficient (Wildman–Crippen LogP) is 2.13. The molecule has 11 heavy (non-hydrogen) atoms. The topological polar surface area (TPSA) is 12.0 Å². The van der Waals surface area contributed by atoms with E-state index in [0.29, 0.717) is 0 Å². The molecular weight excluding hydrogens is 154 g/mol. The van der Waals surface area contributed by atoms with Crippen molar-refractivity contribution < 1.29 is 0 Å². The van der Waals surface area contributed by atoms with Gasteiger partial charge in [-0.25, -0.2) is 0 Å². The van der Waals surface area contributed by atoms with Gasteiger partial charge in [0.15, 0.2) is 0 Å². The van der Waals surface area contributed by atoms with Crippen molar-refractivity contribution in [3.8, 4) is 0 Å². The lowest BCUT2D eigenvalue weighted by Crippen LogP contribution is -2.10. The highest BCUT2D eigenvalue weighted by Gasteiger charge is 2.00. The number of hydrogen-bond donors (Lipinski definition) is 1. The van der Waals surface area contributed by atoms with Crippen LogP contribution in [0.3, 0.4) is 0 Å². The van der Waals surface area contributed by atoms with Gasteiger partial charge in [0, 0.05) is 9.75 Å². The first-order valence-corrected chi connectivity index (χ1v) is 4.76. The van der Waals surface area contributed by atoms with Crippen molar-refractivity contribution in [2.45, 2.75) is 20.3 Å². The minimum absolute atomic E-state index is 1.08. The fraction of sp³-hybridized carbons (Fsp3) is 0.556. The van der Waals surface area contributed by atoms with Crippen LogP contribution in [0.1, 0.15) is 15.3 Å². The van der Waals surface area contributed by atoms with Gasteiger partial charge < -0.3 is 5.32 Å². The third-order valence-corrected chi connectivity index (χ3v) is 2.80. The Bertz CT molecular complexity index is 227. The van der Waals surface area contributed by atoms with E-state index in [1.165, 1.54) is 15.3 Å². The number of nitrogens with one attached hydrogen (secondary N) is 1. The first-order chi connectivity index (χ1) is 5.24. The van der Waals surface area contributed by atoms with Crippen LogP contribution in [0.15, 0.2) is 6.07 Å². The van der Waals surface area contributed by atoms with E-state index < -0.39 is 0 Å². The van der Waals surface area contributed by atoms with Gasteiger partial charge in [0.2, 0.25) is 0 Å². The minimum Gasteiger partial charge on any atom is -0.319 e. The molecule has 0 aromatic carbocycles. The summed E-state index contributed by atoms with van der Waals surface area (Å²) in [7, 11) is 1.99. The summed E-state index contributed by atoms with van der Waals surface area (Å²) in [5, 5.41) is 3.16. The normalized spacial score (nSPS) is 10.5. The van der Waals surface area contributed by atoms with Gasteiger partial charge in [-0.3, -0.25) is 0 Å². The Morgan fingerprint density at radius 1 is 1.45 bits per heavy atom. The summed E-state index contributed by atoms with van der Waals surface area (Å²) in [6.07, 6.45) is 1.16. The zero-order valence-corrected chi connectivity index (χ0v) is 8.22. The van der Waals surface area contributed by atoms with Crippen molar-refractivity contribution >= 4 is 11.3 Å². The van der Waals surface area contributed by atoms with Crippen molar-refractivity contribution in [3.05, 3.63) is 21.4 Å². The largest absolute Gasteiger partial charge is 0.319 e. The maximum atomic E-state index is 3.16. The summed E-state index contributed by atoms with van der Waals surface area (Å²) < 4.78 is 0. The van der Waals surface area contributed by atoms with E-state index in [1.54, 1.807) is 0 Å². The van der Waals surface area contributed by atoms with E-state index in [0.717, 1.165) is 13.0 Å². The molecule has 1 N–H and O–H groups in total. The lowest BCUT2D eigenvalue weighted by molar-refractivity contribution is 0.791. The van der Waals surface area contributed by atoms with E-state index >= 15 is 0 Å². The molecule has 62 valence electrons. The lowest BCUT2D eigenvalue weighted by Gasteiger charge is -1.97. The highest BCUT2D eigenvalue weighted by Crippen LogP contribution is 2.20. The monoisotopic (exact) mass is 169 g/mol. The molecule has 2 heteroatoms. The second-order valence-corrected chi connectivity index (χ2v) is 4.25. The van der Waals surface area contributed by atoms with Crippen LogP contribution < -0.4 is 5.32 Å². The number of hydrogen-bond acceptors (Lipinski definition) is 2. The first kappa shape index (κ1) is 8.75. The summed E-state index contributed by atoms with van der Waals surface area (Å²) in [4.78, 5) is 2.89. The molecular formula is C9H15NS. The summed E-state index contributed by atoms with van der Waals surface area (Å²) in [5.74, 6) is 0. The molecule has 0 fully saturated rings. The summed E-state index contributed by atoms with van der Waals surface area (Å²) in [6, 6.07) is 2.29. The molecule has 0 aliphatic carbocycles. The van der Waals surface area contributed by atoms with Crippen LogP contribution in [0.5, 0.6) is 0 Å². The number of rotatable bonds is 3. The average molecular weight is 169 g/mol. The molecule has 1 rings (SSSR count). The molecule has 1 nitrogen and oxygen atoms in total. The van der Waals surface area contributed by atoms with Crippen LogP contribution in [0, 0.1) is 13.8 Å². The van der Waals surface area contributed by atoms with E-state index in [9.17, 15) is 0 Å². The maximum absolute atomic E-state index is 3.16. The van der Waals surface area contributed by atoms with Gasteiger partial charge >= 0.3 is 0 Å². The van der Waals surface area contributed by atoms with E-state index in [4.69, 9.17) is 0 Å². The van der Waals surface area contributed by atoms with Gasteiger partial charge in [-0.2, -0.15) is 0 Å². The van der Waals surface area contributed by atoms with Crippen molar-refractivity contribution in [2.75, 3.05) is 13.6 Å². The Morgan fingerprint density at radius 3 is 2.64 bits per heavy atom. The zero-order valence-electron chi connectivity index (χ0n) is 7.40. The van der Waals surface area contributed by atoms with E-state index in [1.807, 2.05) is 18.4 Å². The third-order valence-electron chi connectivity index (χ3n) is 1.79. The van der Waals surface area contributed by atoms with Crippen LogP contribution in [0.2, 0.25) is 0 Å². The van der Waals surface area contributed by atoms with E-state index in [-0.39, 0.29) is 0 Å². The molecule has 0 aliphatic rings. The molecule has 0 bridgehead atoms. The first-order valence-electron chi connectivity index (χ1n) is 3.94. The fourth-order valence-corrected chi connectivity index (χ4v) is 2.17. The van der Waals surface area contributed by atoms with Crippen molar-refractivity contribution in [1.29, 1.82) is 0 Å². The standard InChI is InChI=1S/C9H15NS/c1-7-6-9(4-5-10-3)8(2)11-7/h6,10H,4-5H2,1-3H3.